The number of amides is 2. The molecule has 0 aromatic heterocycles. The van der Waals surface area contributed by atoms with Gasteiger partial charge < -0.3 is 14.9 Å². The summed E-state index contributed by atoms with van der Waals surface area (Å²) in [6.07, 6.45) is 31.4. The van der Waals surface area contributed by atoms with Gasteiger partial charge in [0.2, 0.25) is 11.8 Å². The van der Waals surface area contributed by atoms with Crippen LogP contribution in [0.2, 0.25) is 0 Å². The van der Waals surface area contributed by atoms with E-state index in [0.717, 1.165) is 44.9 Å². The van der Waals surface area contributed by atoms with Crippen LogP contribution in [-0.4, -0.2) is 63.6 Å². The van der Waals surface area contributed by atoms with Crippen LogP contribution in [0.4, 0.5) is 0 Å². The largest absolute Gasteiger partial charge is 0.480 e. The number of rotatable bonds is 29. The van der Waals surface area contributed by atoms with Gasteiger partial charge in [0.25, 0.3) is 0 Å². The fourth-order valence-electron chi connectivity index (χ4n) is 7.74. The average molecular weight is 661 g/mol. The lowest BCUT2D eigenvalue weighted by Gasteiger charge is -2.30. The van der Waals surface area contributed by atoms with Crippen LogP contribution in [-0.2, 0) is 19.2 Å². The standard InChI is InChI=1S/C40H72N2O5/c1-3-5-7-9-11-13-15-17-18-20-22-24-28-34(39(45)42-33-27-30-36(42)40(46)47)38(44)35-29-26-32-41(35)37(43)31-25-23-21-19-16-14-12-10-8-6-4-2/h34-36H,3-33H2,1-2H3,(H,46,47)/t34?,35-,36?/m0/s1. The Morgan fingerprint density at radius 3 is 1.43 bits per heavy atom. The molecule has 272 valence electrons. The van der Waals surface area contributed by atoms with Gasteiger partial charge in [0.05, 0.1) is 12.0 Å². The van der Waals surface area contributed by atoms with Crippen LogP contribution in [0.15, 0.2) is 0 Å². The number of aliphatic carboxylic acids is 1. The van der Waals surface area contributed by atoms with E-state index in [4.69, 9.17) is 0 Å². The molecule has 2 aliphatic heterocycles. The Morgan fingerprint density at radius 1 is 0.553 bits per heavy atom. The van der Waals surface area contributed by atoms with Gasteiger partial charge in [-0.05, 0) is 38.5 Å². The number of hydrogen-bond acceptors (Lipinski definition) is 4. The number of carbonyl (C=O) groups excluding carboxylic acids is 3. The van der Waals surface area contributed by atoms with Crippen molar-refractivity contribution in [2.45, 2.75) is 212 Å². The zero-order valence-corrected chi connectivity index (χ0v) is 30.6. The average Bonchev–Trinajstić information content (AvgIpc) is 3.76. The van der Waals surface area contributed by atoms with Crippen molar-refractivity contribution in [1.82, 2.24) is 9.80 Å². The van der Waals surface area contributed by atoms with E-state index in [0.29, 0.717) is 45.2 Å². The Morgan fingerprint density at radius 2 is 0.957 bits per heavy atom. The molecule has 0 aliphatic carbocycles. The van der Waals surface area contributed by atoms with Crippen molar-refractivity contribution in [2.24, 2.45) is 5.92 Å². The topological polar surface area (TPSA) is 95.0 Å². The number of carboxylic acids is 1. The zero-order chi connectivity index (χ0) is 34.1. The number of unbranched alkanes of at least 4 members (excludes halogenated alkanes) is 21. The van der Waals surface area contributed by atoms with Crippen LogP contribution in [0, 0.1) is 5.92 Å². The molecule has 47 heavy (non-hydrogen) atoms. The second kappa shape index (κ2) is 26.0. The van der Waals surface area contributed by atoms with E-state index in [2.05, 4.69) is 13.8 Å². The van der Waals surface area contributed by atoms with E-state index in [1.54, 1.807) is 4.90 Å². The third-order valence-corrected chi connectivity index (χ3v) is 10.7. The molecule has 0 aromatic rings. The molecule has 0 radical (unpaired) electrons. The molecule has 0 aromatic carbocycles. The van der Waals surface area contributed by atoms with Gasteiger partial charge in [0.15, 0.2) is 5.78 Å². The van der Waals surface area contributed by atoms with E-state index in [1.165, 1.54) is 114 Å². The number of nitrogens with zero attached hydrogens (tertiary/aromatic N) is 2. The minimum atomic E-state index is -0.989. The van der Waals surface area contributed by atoms with E-state index in [1.807, 2.05) is 0 Å². The molecule has 2 aliphatic rings. The lowest BCUT2D eigenvalue weighted by atomic mass is 9.89. The van der Waals surface area contributed by atoms with Gasteiger partial charge >= 0.3 is 5.97 Å². The molecule has 7 heteroatoms. The Kier molecular flexibility index (Phi) is 22.8. The van der Waals surface area contributed by atoms with Crippen molar-refractivity contribution in [1.29, 1.82) is 0 Å². The van der Waals surface area contributed by atoms with Crippen LogP contribution in [0.1, 0.15) is 200 Å². The summed E-state index contributed by atoms with van der Waals surface area (Å²) in [5, 5.41) is 9.74. The molecule has 2 saturated heterocycles. The molecular formula is C40H72N2O5. The predicted octanol–water partition coefficient (Wildman–Crippen LogP) is 10.0. The van der Waals surface area contributed by atoms with Crippen LogP contribution >= 0.6 is 0 Å². The Bertz CT molecular complexity index is 877. The first kappa shape index (κ1) is 41.3. The summed E-state index contributed by atoms with van der Waals surface area (Å²) < 4.78 is 0. The molecule has 2 fully saturated rings. The first-order chi connectivity index (χ1) is 22.9. The molecule has 0 bridgehead atoms. The number of ketones is 1. The van der Waals surface area contributed by atoms with Crippen LogP contribution in [0.5, 0.6) is 0 Å². The summed E-state index contributed by atoms with van der Waals surface area (Å²) in [7, 11) is 0. The minimum absolute atomic E-state index is 0.0397. The fourth-order valence-corrected chi connectivity index (χ4v) is 7.74. The van der Waals surface area contributed by atoms with E-state index >= 15 is 0 Å². The number of likely N-dealkylation sites (tertiary alicyclic amines) is 2. The minimum Gasteiger partial charge on any atom is -0.480 e. The van der Waals surface area contributed by atoms with E-state index < -0.39 is 24.0 Å². The van der Waals surface area contributed by atoms with Crippen molar-refractivity contribution in [3.8, 4) is 0 Å². The Hall–Kier alpha value is -1.92. The van der Waals surface area contributed by atoms with E-state index in [9.17, 15) is 24.3 Å². The molecule has 2 unspecified atom stereocenters. The maximum atomic E-state index is 14.0. The quantitative estimate of drug-likeness (QED) is 0.0636. The summed E-state index contributed by atoms with van der Waals surface area (Å²) in [6.45, 7) is 5.47. The maximum Gasteiger partial charge on any atom is 0.326 e. The van der Waals surface area contributed by atoms with Gasteiger partial charge in [-0.15, -0.1) is 0 Å². The second-order valence-electron chi connectivity index (χ2n) is 14.7. The molecule has 2 amide bonds. The fraction of sp³-hybridized carbons (Fsp3) is 0.900. The molecule has 0 spiro atoms. The highest BCUT2D eigenvalue weighted by molar-refractivity contribution is 6.05. The van der Waals surface area contributed by atoms with Gasteiger partial charge in [0, 0.05) is 19.5 Å². The van der Waals surface area contributed by atoms with Crippen LogP contribution in [0.3, 0.4) is 0 Å². The van der Waals surface area contributed by atoms with Crippen molar-refractivity contribution in [2.75, 3.05) is 13.1 Å². The number of hydrogen-bond donors (Lipinski definition) is 1. The second-order valence-corrected chi connectivity index (χ2v) is 14.7. The highest BCUT2D eigenvalue weighted by Gasteiger charge is 2.44. The first-order valence-electron chi connectivity index (χ1n) is 20.3. The third kappa shape index (κ3) is 16.4. The number of carbonyl (C=O) groups is 4. The highest BCUT2D eigenvalue weighted by atomic mass is 16.4. The van der Waals surface area contributed by atoms with Crippen molar-refractivity contribution < 1.29 is 24.3 Å². The first-order valence-corrected chi connectivity index (χ1v) is 20.3. The highest BCUT2D eigenvalue weighted by Crippen LogP contribution is 2.29. The normalized spacial score (nSPS) is 18.6. The summed E-state index contributed by atoms with van der Waals surface area (Å²) in [5.74, 6) is -2.28. The number of Topliss-reactive ketones (excluding diaryl/α,β-unsaturated/α-hetero) is 1. The molecular weight excluding hydrogens is 588 g/mol. The van der Waals surface area contributed by atoms with Gasteiger partial charge in [0.1, 0.15) is 6.04 Å². The summed E-state index contributed by atoms with van der Waals surface area (Å²) >= 11 is 0. The van der Waals surface area contributed by atoms with Crippen LogP contribution < -0.4 is 0 Å². The molecule has 1 N–H and O–H groups in total. The van der Waals surface area contributed by atoms with Gasteiger partial charge in [-0.2, -0.15) is 0 Å². The lowest BCUT2D eigenvalue weighted by Crippen LogP contribution is -2.50. The Balaban J connectivity index is 1.81. The smallest absolute Gasteiger partial charge is 0.326 e. The van der Waals surface area contributed by atoms with Crippen molar-refractivity contribution in [3.63, 3.8) is 0 Å². The molecule has 0 saturated carbocycles. The summed E-state index contributed by atoms with van der Waals surface area (Å²) in [6, 6.07) is -1.39. The summed E-state index contributed by atoms with van der Waals surface area (Å²) in [5.41, 5.74) is 0. The van der Waals surface area contributed by atoms with E-state index in [-0.39, 0.29) is 17.6 Å². The lowest BCUT2D eigenvalue weighted by molar-refractivity contribution is -0.153. The molecule has 7 nitrogen and oxygen atoms in total. The van der Waals surface area contributed by atoms with Gasteiger partial charge in [-0.3, -0.25) is 14.4 Å². The van der Waals surface area contributed by atoms with Gasteiger partial charge in [-0.25, -0.2) is 4.79 Å². The monoisotopic (exact) mass is 661 g/mol. The van der Waals surface area contributed by atoms with Crippen LogP contribution in [0.25, 0.3) is 0 Å². The molecule has 2 rings (SSSR count). The molecule has 2 heterocycles. The Labute approximate surface area is 288 Å². The van der Waals surface area contributed by atoms with Crippen molar-refractivity contribution >= 4 is 23.6 Å². The van der Waals surface area contributed by atoms with Gasteiger partial charge in [-0.1, -0.05) is 155 Å². The predicted molar refractivity (Wildman–Crippen MR) is 192 cm³/mol. The third-order valence-electron chi connectivity index (χ3n) is 10.7. The SMILES string of the molecule is CCCCCCCCCCCCCCC(C(=O)[C@@H]1CCCN1C(=O)CCCCCCCCCCCCC)C(=O)N1CCCC1C(=O)O. The maximum absolute atomic E-state index is 14.0. The summed E-state index contributed by atoms with van der Waals surface area (Å²) in [4.78, 5) is 56.2. The molecule has 3 atom stereocenters. The number of carboxylic acid groups (broad SMARTS) is 1. The zero-order valence-electron chi connectivity index (χ0n) is 30.6. The van der Waals surface area contributed by atoms with Crippen molar-refractivity contribution in [3.05, 3.63) is 0 Å².